The maximum atomic E-state index is 12.6. The number of aromatic carboxylic acids is 1. The van der Waals surface area contributed by atoms with Gasteiger partial charge in [0.15, 0.2) is 5.65 Å². The van der Waals surface area contributed by atoms with Crippen LogP contribution in [0, 0.1) is 13.8 Å². The van der Waals surface area contributed by atoms with Gasteiger partial charge in [0.2, 0.25) is 0 Å². The first kappa shape index (κ1) is 16.7. The average molecular weight is 342 g/mol. The van der Waals surface area contributed by atoms with Gasteiger partial charge in [0.05, 0.1) is 17.8 Å². The van der Waals surface area contributed by atoms with Crippen molar-refractivity contribution in [2.75, 3.05) is 7.05 Å². The lowest BCUT2D eigenvalue weighted by molar-refractivity contribution is 0.0694. The number of carboxylic acids is 1. The summed E-state index contributed by atoms with van der Waals surface area (Å²) >= 11 is 0. The van der Waals surface area contributed by atoms with Gasteiger partial charge >= 0.3 is 5.97 Å². The first-order valence-electron chi connectivity index (χ1n) is 7.65. The molecule has 0 saturated carbocycles. The van der Waals surface area contributed by atoms with E-state index in [1.807, 2.05) is 6.92 Å². The molecule has 1 N–H and O–H groups in total. The highest BCUT2D eigenvalue weighted by Gasteiger charge is 2.19. The highest BCUT2D eigenvalue weighted by molar-refractivity contribution is 5.97. The van der Waals surface area contributed by atoms with E-state index >= 15 is 0 Å². The Hall–Kier alpha value is -3.16. The molecule has 0 spiro atoms. The first-order chi connectivity index (χ1) is 11.8. The van der Waals surface area contributed by atoms with Crippen molar-refractivity contribution in [1.82, 2.24) is 19.7 Å². The molecule has 3 aromatic rings. The Morgan fingerprint density at radius 1 is 1.32 bits per heavy atom. The summed E-state index contributed by atoms with van der Waals surface area (Å²) in [5.74, 6) is -0.554. The maximum absolute atomic E-state index is 12.6. The van der Waals surface area contributed by atoms with Crippen LogP contribution in [0.4, 0.5) is 0 Å². The molecule has 0 aromatic carbocycles. The topological polar surface area (TPSA) is 101 Å². The van der Waals surface area contributed by atoms with Gasteiger partial charge in [0, 0.05) is 25.7 Å². The van der Waals surface area contributed by atoms with Crippen LogP contribution < -0.4 is 0 Å². The summed E-state index contributed by atoms with van der Waals surface area (Å²) in [6.45, 7) is 3.61. The number of aryl methyl sites for hydroxylation is 3. The molecule has 3 aromatic heterocycles. The molecule has 0 aliphatic rings. The molecule has 0 saturated heterocycles. The second kappa shape index (κ2) is 6.04. The predicted octanol–water partition coefficient (Wildman–Crippen LogP) is 2.15. The van der Waals surface area contributed by atoms with E-state index < -0.39 is 5.97 Å². The van der Waals surface area contributed by atoms with Crippen molar-refractivity contribution in [3.8, 4) is 0 Å². The van der Waals surface area contributed by atoms with E-state index in [2.05, 4.69) is 10.1 Å². The molecule has 0 radical (unpaired) electrons. The number of aromatic nitrogens is 3. The van der Waals surface area contributed by atoms with Crippen LogP contribution in [-0.4, -0.2) is 43.7 Å². The second-order valence-corrected chi connectivity index (χ2v) is 5.95. The lowest BCUT2D eigenvalue weighted by Crippen LogP contribution is -2.26. The summed E-state index contributed by atoms with van der Waals surface area (Å²) < 4.78 is 7.09. The molecule has 0 atom stereocenters. The van der Waals surface area contributed by atoms with Gasteiger partial charge in [-0.25, -0.2) is 9.78 Å². The fourth-order valence-corrected chi connectivity index (χ4v) is 2.78. The largest absolute Gasteiger partial charge is 0.478 e. The first-order valence-corrected chi connectivity index (χ1v) is 7.65. The molecule has 0 unspecified atom stereocenters. The smallest absolute Gasteiger partial charge is 0.339 e. The van der Waals surface area contributed by atoms with Crippen LogP contribution in [0.25, 0.3) is 11.0 Å². The molecule has 0 aliphatic heterocycles. The Morgan fingerprint density at radius 2 is 2.04 bits per heavy atom. The van der Waals surface area contributed by atoms with Gasteiger partial charge in [-0.1, -0.05) is 0 Å². The van der Waals surface area contributed by atoms with Crippen molar-refractivity contribution in [2.24, 2.45) is 7.05 Å². The van der Waals surface area contributed by atoms with Crippen molar-refractivity contribution >= 4 is 22.9 Å². The van der Waals surface area contributed by atoms with Crippen LogP contribution in [-0.2, 0) is 13.6 Å². The summed E-state index contributed by atoms with van der Waals surface area (Å²) in [7, 11) is 3.43. The number of carboxylic acid groups (broad SMARTS) is 1. The molecule has 25 heavy (non-hydrogen) atoms. The van der Waals surface area contributed by atoms with E-state index in [-0.39, 0.29) is 18.0 Å². The van der Waals surface area contributed by atoms with Crippen LogP contribution in [0.1, 0.15) is 37.9 Å². The average Bonchev–Trinajstić information content (AvgIpc) is 3.06. The predicted molar refractivity (Wildman–Crippen MR) is 89.4 cm³/mol. The van der Waals surface area contributed by atoms with E-state index in [9.17, 15) is 9.59 Å². The van der Waals surface area contributed by atoms with E-state index in [4.69, 9.17) is 9.52 Å². The summed E-state index contributed by atoms with van der Waals surface area (Å²) in [4.78, 5) is 29.5. The fourth-order valence-electron chi connectivity index (χ4n) is 2.78. The molecule has 0 aliphatic carbocycles. The van der Waals surface area contributed by atoms with Gasteiger partial charge in [-0.15, -0.1) is 0 Å². The number of carbonyl (C=O) groups is 2. The normalized spacial score (nSPS) is 11.0. The molecule has 1 amide bonds. The van der Waals surface area contributed by atoms with Crippen LogP contribution >= 0.6 is 0 Å². The third-order valence-corrected chi connectivity index (χ3v) is 4.05. The standard InChI is InChI=1S/C17H18N4O4/c1-9-13-5-11(7-18-15(13)21(4)19-9)16(22)20(3)8-12-6-14(17(23)24)10(2)25-12/h5-7H,8H2,1-4H3,(H,23,24). The highest BCUT2D eigenvalue weighted by atomic mass is 16.4. The number of hydrogen-bond acceptors (Lipinski definition) is 5. The van der Waals surface area contributed by atoms with Crippen LogP contribution in [0.3, 0.4) is 0 Å². The number of furan rings is 1. The quantitative estimate of drug-likeness (QED) is 0.779. The van der Waals surface area contributed by atoms with Gasteiger partial charge in [0.1, 0.15) is 17.1 Å². The zero-order valence-corrected chi connectivity index (χ0v) is 14.4. The number of fused-ring (bicyclic) bond motifs is 1. The summed E-state index contributed by atoms with van der Waals surface area (Å²) in [5.41, 5.74) is 2.05. The molecule has 0 fully saturated rings. The van der Waals surface area contributed by atoms with Gasteiger partial charge in [-0.05, 0) is 26.0 Å². The number of amides is 1. The third kappa shape index (κ3) is 2.98. The lowest BCUT2D eigenvalue weighted by Gasteiger charge is -2.15. The van der Waals surface area contributed by atoms with Crippen LogP contribution in [0.2, 0.25) is 0 Å². The molecule has 8 heteroatoms. The molecular weight excluding hydrogens is 324 g/mol. The van der Waals surface area contributed by atoms with Crippen molar-refractivity contribution in [1.29, 1.82) is 0 Å². The van der Waals surface area contributed by atoms with E-state index in [0.29, 0.717) is 22.7 Å². The molecule has 8 nitrogen and oxygen atoms in total. The number of rotatable bonds is 4. The Balaban J connectivity index is 1.84. The monoisotopic (exact) mass is 342 g/mol. The molecule has 3 heterocycles. The van der Waals surface area contributed by atoms with Crippen molar-refractivity contribution in [2.45, 2.75) is 20.4 Å². The zero-order valence-electron chi connectivity index (χ0n) is 14.4. The van der Waals surface area contributed by atoms with Crippen molar-refractivity contribution in [3.63, 3.8) is 0 Å². The summed E-state index contributed by atoms with van der Waals surface area (Å²) in [6.07, 6.45) is 1.51. The molecule has 130 valence electrons. The zero-order chi connectivity index (χ0) is 18.3. The maximum Gasteiger partial charge on any atom is 0.339 e. The van der Waals surface area contributed by atoms with Crippen LogP contribution in [0.5, 0.6) is 0 Å². The minimum atomic E-state index is -1.05. The van der Waals surface area contributed by atoms with Crippen molar-refractivity contribution in [3.05, 3.63) is 46.7 Å². The second-order valence-electron chi connectivity index (χ2n) is 5.95. The van der Waals surface area contributed by atoms with Crippen LogP contribution in [0.15, 0.2) is 22.7 Å². The Labute approximate surface area is 143 Å². The third-order valence-electron chi connectivity index (χ3n) is 4.05. The van der Waals surface area contributed by atoms with Gasteiger partial charge in [-0.2, -0.15) is 5.10 Å². The number of pyridine rings is 1. The molecular formula is C17H18N4O4. The highest BCUT2D eigenvalue weighted by Crippen LogP contribution is 2.19. The van der Waals surface area contributed by atoms with E-state index in [1.165, 1.54) is 17.2 Å². The lowest BCUT2D eigenvalue weighted by atomic mass is 10.2. The minimum absolute atomic E-state index is 0.102. The number of nitrogens with zero attached hydrogens (tertiary/aromatic N) is 4. The van der Waals surface area contributed by atoms with Crippen molar-refractivity contribution < 1.29 is 19.1 Å². The fraction of sp³-hybridized carbons (Fsp3) is 0.294. The summed E-state index contributed by atoms with van der Waals surface area (Å²) in [6, 6.07) is 3.20. The summed E-state index contributed by atoms with van der Waals surface area (Å²) in [5, 5.41) is 14.2. The Kier molecular flexibility index (Phi) is 4.03. The van der Waals surface area contributed by atoms with E-state index in [0.717, 1.165) is 11.1 Å². The van der Waals surface area contributed by atoms with Gasteiger partial charge < -0.3 is 14.4 Å². The number of carbonyl (C=O) groups excluding carboxylic acids is 1. The van der Waals surface area contributed by atoms with Gasteiger partial charge in [-0.3, -0.25) is 9.48 Å². The number of hydrogen-bond donors (Lipinski definition) is 1. The Morgan fingerprint density at radius 3 is 2.68 bits per heavy atom. The molecule has 3 rings (SSSR count). The van der Waals surface area contributed by atoms with Gasteiger partial charge in [0.25, 0.3) is 5.91 Å². The molecule has 0 bridgehead atoms. The SMILES string of the molecule is Cc1oc(CN(C)C(=O)c2cnc3c(c2)c(C)nn3C)cc1C(=O)O. The van der Waals surface area contributed by atoms with E-state index in [1.54, 1.807) is 31.8 Å². The Bertz CT molecular complexity index is 986. The minimum Gasteiger partial charge on any atom is -0.478 e.